The molecule has 0 saturated carbocycles. The molecule has 0 radical (unpaired) electrons. The lowest BCUT2D eigenvalue weighted by molar-refractivity contribution is 0.0859. The third-order valence-corrected chi connectivity index (χ3v) is 8.51. The van der Waals surface area contributed by atoms with Crippen molar-refractivity contribution in [2.45, 2.75) is 43.5 Å². The topological polar surface area (TPSA) is 82.4 Å². The van der Waals surface area contributed by atoms with Gasteiger partial charge in [0, 0.05) is 30.8 Å². The molecule has 0 N–H and O–H groups in total. The summed E-state index contributed by atoms with van der Waals surface area (Å²) in [5.74, 6) is 1.14. The molecule has 172 valence electrons. The van der Waals surface area contributed by atoms with Crippen molar-refractivity contribution in [3.8, 4) is 0 Å². The molecule has 0 aromatic heterocycles. The van der Waals surface area contributed by atoms with E-state index in [-0.39, 0.29) is 16.8 Å². The van der Waals surface area contributed by atoms with Crippen LogP contribution in [0.1, 0.15) is 54.6 Å². The molecule has 0 aliphatic carbocycles. The number of aliphatic imine (C=N–C) groups is 1. The van der Waals surface area contributed by atoms with E-state index in [4.69, 9.17) is 4.99 Å². The highest BCUT2D eigenvalue weighted by atomic mass is 32.2. The third kappa shape index (κ3) is 4.31. The van der Waals surface area contributed by atoms with Crippen LogP contribution in [0.15, 0.2) is 62.8 Å². The van der Waals surface area contributed by atoms with Gasteiger partial charge in [0.2, 0.25) is 0 Å². The highest BCUT2D eigenvalue weighted by Crippen LogP contribution is 2.35. The van der Waals surface area contributed by atoms with Crippen molar-refractivity contribution in [2.75, 3.05) is 23.7 Å². The van der Waals surface area contributed by atoms with Crippen molar-refractivity contribution < 1.29 is 13.2 Å². The molecule has 2 fully saturated rings. The van der Waals surface area contributed by atoms with Gasteiger partial charge in [-0.25, -0.2) is 0 Å². The zero-order chi connectivity index (χ0) is 23.0. The molecular formula is C24H26N4O3S2. The fourth-order valence-electron chi connectivity index (χ4n) is 4.44. The molecule has 1 amide bonds. The van der Waals surface area contributed by atoms with Gasteiger partial charge in [-0.15, -0.1) is 4.40 Å². The highest BCUT2D eigenvalue weighted by Gasteiger charge is 2.34. The van der Waals surface area contributed by atoms with Gasteiger partial charge in [-0.1, -0.05) is 48.5 Å². The first kappa shape index (κ1) is 22.2. The van der Waals surface area contributed by atoms with Crippen LogP contribution in [0.3, 0.4) is 0 Å². The lowest BCUT2D eigenvalue weighted by Crippen LogP contribution is -2.36. The monoisotopic (exact) mass is 482 g/mol. The van der Waals surface area contributed by atoms with E-state index in [1.165, 1.54) is 6.07 Å². The van der Waals surface area contributed by atoms with Gasteiger partial charge < -0.3 is 4.90 Å². The van der Waals surface area contributed by atoms with Gasteiger partial charge in [0.05, 0.1) is 11.7 Å². The fraction of sp³-hybridized carbons (Fsp3) is 0.375. The maximum atomic E-state index is 13.4. The predicted octanol–water partition coefficient (Wildman–Crippen LogP) is 4.47. The summed E-state index contributed by atoms with van der Waals surface area (Å²) in [6.07, 6.45) is 3.64. The SMILES string of the molecule is CC(N=C1SCCN1C(=O)c1ccc2c(c1)S(=O)(=O)N=C1CCCCCN12)c1ccccc1. The lowest BCUT2D eigenvalue weighted by Gasteiger charge is -2.30. The molecule has 3 heterocycles. The number of amidine groups is 2. The molecule has 0 bridgehead atoms. The molecule has 9 heteroatoms. The van der Waals surface area contributed by atoms with Gasteiger partial charge in [-0.05, 0) is 43.5 Å². The molecule has 1 atom stereocenters. The standard InChI is InChI=1S/C24H26N4O3S2/c1-17(18-8-4-2-5-9-18)25-24-28(14-15-32-24)23(29)19-11-12-20-21(16-19)33(30,31)26-22-10-6-3-7-13-27(20)22/h2,4-5,8-9,11-12,16-17H,3,6-7,10,13-15H2,1H3. The Morgan fingerprint density at radius 1 is 1.09 bits per heavy atom. The van der Waals surface area contributed by atoms with E-state index in [0.29, 0.717) is 35.2 Å². The summed E-state index contributed by atoms with van der Waals surface area (Å²) >= 11 is 1.55. The molecule has 2 aromatic rings. The van der Waals surface area contributed by atoms with Crippen LogP contribution in [-0.4, -0.2) is 49.1 Å². The Labute approximate surface area is 198 Å². The van der Waals surface area contributed by atoms with Crippen molar-refractivity contribution in [3.05, 3.63) is 59.7 Å². The predicted molar refractivity (Wildman–Crippen MR) is 133 cm³/mol. The quantitative estimate of drug-likeness (QED) is 0.644. The Balaban J connectivity index is 1.45. The Morgan fingerprint density at radius 3 is 2.73 bits per heavy atom. The minimum Gasteiger partial charge on any atom is -0.328 e. The van der Waals surface area contributed by atoms with E-state index in [9.17, 15) is 13.2 Å². The molecule has 5 rings (SSSR count). The number of carbonyl (C=O) groups is 1. The van der Waals surface area contributed by atoms with Gasteiger partial charge in [0.1, 0.15) is 10.7 Å². The van der Waals surface area contributed by atoms with Crippen LogP contribution in [0.4, 0.5) is 5.69 Å². The number of rotatable bonds is 3. The van der Waals surface area contributed by atoms with Crippen LogP contribution in [0.5, 0.6) is 0 Å². The number of benzene rings is 2. The highest BCUT2D eigenvalue weighted by molar-refractivity contribution is 8.14. The Bertz CT molecular complexity index is 1240. The van der Waals surface area contributed by atoms with Crippen molar-refractivity contribution in [3.63, 3.8) is 0 Å². The second-order valence-corrected chi connectivity index (χ2v) is 11.1. The maximum Gasteiger partial charge on any atom is 0.286 e. The minimum absolute atomic E-state index is 0.0817. The molecule has 2 aromatic carbocycles. The van der Waals surface area contributed by atoms with Crippen LogP contribution in [-0.2, 0) is 10.0 Å². The van der Waals surface area contributed by atoms with Gasteiger partial charge in [0.15, 0.2) is 5.17 Å². The molecule has 2 saturated heterocycles. The molecule has 1 unspecified atom stereocenters. The Kier molecular flexibility index (Phi) is 6.01. The first-order valence-corrected chi connectivity index (χ1v) is 13.7. The van der Waals surface area contributed by atoms with E-state index < -0.39 is 10.0 Å². The normalized spacial score (nSPS) is 21.7. The summed E-state index contributed by atoms with van der Waals surface area (Å²) in [6, 6.07) is 14.8. The number of thioether (sulfide) groups is 1. The first-order chi connectivity index (χ1) is 15.9. The molecule has 3 aliphatic rings. The number of hydrogen-bond donors (Lipinski definition) is 0. The largest absolute Gasteiger partial charge is 0.328 e. The molecule has 33 heavy (non-hydrogen) atoms. The number of nitrogens with zero attached hydrogens (tertiary/aromatic N) is 4. The summed E-state index contributed by atoms with van der Waals surface area (Å²) in [5.41, 5.74) is 2.05. The number of carbonyl (C=O) groups excluding carboxylic acids is 1. The molecule has 3 aliphatic heterocycles. The van der Waals surface area contributed by atoms with Gasteiger partial charge >= 0.3 is 0 Å². The van der Waals surface area contributed by atoms with Crippen molar-refractivity contribution >= 4 is 44.4 Å². The number of anilines is 1. The van der Waals surface area contributed by atoms with Crippen LogP contribution < -0.4 is 4.90 Å². The van der Waals surface area contributed by atoms with E-state index >= 15 is 0 Å². The smallest absolute Gasteiger partial charge is 0.286 e. The average Bonchev–Trinajstić information content (AvgIpc) is 3.15. The summed E-state index contributed by atoms with van der Waals surface area (Å²) in [7, 11) is -3.84. The van der Waals surface area contributed by atoms with Crippen molar-refractivity contribution in [1.29, 1.82) is 0 Å². The van der Waals surface area contributed by atoms with Gasteiger partial charge in [-0.2, -0.15) is 8.42 Å². The second-order valence-electron chi connectivity index (χ2n) is 8.43. The molecule has 0 spiro atoms. The summed E-state index contributed by atoms with van der Waals surface area (Å²) in [4.78, 5) is 22.0. The van der Waals surface area contributed by atoms with Gasteiger partial charge in [0.25, 0.3) is 15.9 Å². The van der Waals surface area contributed by atoms with Crippen LogP contribution in [0.25, 0.3) is 0 Å². The third-order valence-electron chi connectivity index (χ3n) is 6.20. The van der Waals surface area contributed by atoms with Crippen LogP contribution in [0, 0.1) is 0 Å². The summed E-state index contributed by atoms with van der Waals surface area (Å²) in [5, 5.41) is 0.671. The summed E-state index contributed by atoms with van der Waals surface area (Å²) in [6.45, 7) is 3.29. The average molecular weight is 483 g/mol. The van der Waals surface area contributed by atoms with E-state index in [2.05, 4.69) is 4.40 Å². The number of sulfonamides is 1. The lowest BCUT2D eigenvalue weighted by atomic mass is 10.1. The number of hydrogen-bond acceptors (Lipinski definition) is 6. The maximum absolute atomic E-state index is 13.4. The van der Waals surface area contributed by atoms with Crippen LogP contribution in [0.2, 0.25) is 0 Å². The molecular weight excluding hydrogens is 456 g/mol. The van der Waals surface area contributed by atoms with Crippen molar-refractivity contribution in [2.24, 2.45) is 9.39 Å². The van der Waals surface area contributed by atoms with Crippen LogP contribution >= 0.6 is 11.8 Å². The van der Waals surface area contributed by atoms with E-state index in [1.807, 2.05) is 42.2 Å². The molecule has 7 nitrogen and oxygen atoms in total. The Hall–Kier alpha value is -2.65. The zero-order valence-electron chi connectivity index (χ0n) is 18.5. The van der Waals surface area contributed by atoms with Crippen molar-refractivity contribution in [1.82, 2.24) is 4.90 Å². The fourth-order valence-corrected chi connectivity index (χ4v) is 6.74. The van der Waals surface area contributed by atoms with E-state index in [1.54, 1.807) is 28.8 Å². The number of amides is 1. The number of fused-ring (bicyclic) bond motifs is 3. The summed E-state index contributed by atoms with van der Waals surface area (Å²) < 4.78 is 30.0. The Morgan fingerprint density at radius 2 is 1.91 bits per heavy atom. The minimum atomic E-state index is -3.84. The second kappa shape index (κ2) is 8.95. The van der Waals surface area contributed by atoms with Gasteiger partial charge in [-0.3, -0.25) is 14.7 Å². The first-order valence-electron chi connectivity index (χ1n) is 11.3. The van der Waals surface area contributed by atoms with E-state index in [0.717, 1.165) is 37.1 Å². The zero-order valence-corrected chi connectivity index (χ0v) is 20.1.